The van der Waals surface area contributed by atoms with Crippen LogP contribution in [-0.2, 0) is 7.05 Å². The van der Waals surface area contributed by atoms with E-state index >= 15 is 0 Å². The van der Waals surface area contributed by atoms with Gasteiger partial charge in [0.05, 0.1) is 11.2 Å². The summed E-state index contributed by atoms with van der Waals surface area (Å²) in [5.74, 6) is 0.846. The molecule has 26 heavy (non-hydrogen) atoms. The van der Waals surface area contributed by atoms with E-state index in [2.05, 4.69) is 89.2 Å². The Labute approximate surface area is 153 Å². The van der Waals surface area contributed by atoms with Crippen LogP contribution in [0.25, 0.3) is 10.9 Å². The zero-order valence-corrected chi connectivity index (χ0v) is 15.6. The van der Waals surface area contributed by atoms with Crippen LogP contribution in [0.1, 0.15) is 12.6 Å². The van der Waals surface area contributed by atoms with E-state index < -0.39 is 0 Å². The minimum Gasteiger partial charge on any atom is -0.346 e. The lowest BCUT2D eigenvalue weighted by Gasteiger charge is -2.29. The van der Waals surface area contributed by atoms with Crippen LogP contribution in [-0.4, -0.2) is 22.7 Å². The number of hydrazine groups is 1. The van der Waals surface area contributed by atoms with E-state index in [9.17, 15) is 0 Å². The lowest BCUT2D eigenvalue weighted by molar-refractivity contribution is 0.316. The van der Waals surface area contributed by atoms with Gasteiger partial charge >= 0.3 is 0 Å². The molecule has 0 unspecified atom stereocenters. The number of para-hydroxylation sites is 2. The van der Waals surface area contributed by atoms with Crippen molar-refractivity contribution < 1.29 is 0 Å². The molecule has 5 nitrogen and oxygen atoms in total. The number of fused-ring (bicyclic) bond motifs is 1. The highest BCUT2D eigenvalue weighted by Gasteiger charge is 2.28. The van der Waals surface area contributed by atoms with Gasteiger partial charge in [-0.3, -0.25) is 5.01 Å². The normalized spacial score (nSPS) is 18.2. The molecule has 0 aliphatic carbocycles. The van der Waals surface area contributed by atoms with Crippen molar-refractivity contribution in [3.05, 3.63) is 72.2 Å². The molecular weight excluding hydrogens is 322 g/mol. The van der Waals surface area contributed by atoms with E-state index in [0.29, 0.717) is 0 Å². The fourth-order valence-electron chi connectivity index (χ4n) is 3.43. The standard InChI is InChI=1S/C21H23N5/c1-15-14-20(26(25(15)4)17-10-6-5-7-11-17)22-23-21-16(2)24(3)19-13-9-8-12-18(19)21/h5-15H,1-4H3/t15-/m0/s1. The maximum Gasteiger partial charge on any atom is 0.167 e. The zero-order valence-electron chi connectivity index (χ0n) is 15.6. The number of likely N-dealkylation sites (N-methyl/N-ethyl adjacent to an activating group) is 1. The van der Waals surface area contributed by atoms with E-state index in [1.54, 1.807) is 0 Å². The van der Waals surface area contributed by atoms with Crippen LogP contribution < -0.4 is 5.01 Å². The Morgan fingerprint density at radius 1 is 0.885 bits per heavy atom. The third-order valence-electron chi connectivity index (χ3n) is 5.13. The molecular formula is C21H23N5. The Morgan fingerprint density at radius 3 is 2.35 bits per heavy atom. The van der Waals surface area contributed by atoms with Crippen LogP contribution in [0, 0.1) is 6.92 Å². The average molecular weight is 345 g/mol. The molecule has 1 aliphatic rings. The molecule has 1 atom stereocenters. The van der Waals surface area contributed by atoms with Crippen LogP contribution in [0.5, 0.6) is 0 Å². The molecule has 1 aromatic heterocycles. The van der Waals surface area contributed by atoms with Gasteiger partial charge in [0, 0.05) is 31.2 Å². The minimum atomic E-state index is 0.262. The maximum atomic E-state index is 4.65. The Bertz CT molecular complexity index is 1000. The quantitative estimate of drug-likeness (QED) is 0.614. The van der Waals surface area contributed by atoms with Crippen LogP contribution in [0.3, 0.4) is 0 Å². The number of nitrogens with zero attached hydrogens (tertiary/aromatic N) is 5. The molecule has 5 heteroatoms. The molecule has 0 fully saturated rings. The van der Waals surface area contributed by atoms with Gasteiger partial charge in [0.2, 0.25) is 0 Å². The van der Waals surface area contributed by atoms with Crippen molar-refractivity contribution in [3.63, 3.8) is 0 Å². The molecule has 0 radical (unpaired) electrons. The average Bonchev–Trinajstić information content (AvgIpc) is 3.08. The lowest BCUT2D eigenvalue weighted by atomic mass is 10.2. The summed E-state index contributed by atoms with van der Waals surface area (Å²) in [5, 5.41) is 14.7. The fraction of sp³-hybridized carbons (Fsp3) is 0.238. The van der Waals surface area contributed by atoms with Crippen LogP contribution >= 0.6 is 0 Å². The van der Waals surface area contributed by atoms with Crippen molar-refractivity contribution in [2.45, 2.75) is 19.9 Å². The second-order valence-electron chi connectivity index (χ2n) is 6.70. The molecule has 0 amide bonds. The van der Waals surface area contributed by atoms with Crippen LogP contribution in [0.15, 0.2) is 76.7 Å². The molecule has 0 saturated heterocycles. The summed E-state index contributed by atoms with van der Waals surface area (Å²) >= 11 is 0. The van der Waals surface area contributed by atoms with E-state index in [0.717, 1.165) is 28.3 Å². The summed E-state index contributed by atoms with van der Waals surface area (Å²) in [6.45, 7) is 4.24. The summed E-state index contributed by atoms with van der Waals surface area (Å²) in [5.41, 5.74) is 4.30. The highest BCUT2D eigenvalue weighted by molar-refractivity contribution is 5.93. The lowest BCUT2D eigenvalue weighted by Crippen LogP contribution is -2.37. The smallest absolute Gasteiger partial charge is 0.167 e. The van der Waals surface area contributed by atoms with Crippen molar-refractivity contribution in [2.24, 2.45) is 17.3 Å². The summed E-state index contributed by atoms with van der Waals surface area (Å²) in [4.78, 5) is 0. The Morgan fingerprint density at radius 2 is 1.58 bits per heavy atom. The van der Waals surface area contributed by atoms with Crippen LogP contribution in [0.4, 0.5) is 11.4 Å². The monoisotopic (exact) mass is 345 g/mol. The van der Waals surface area contributed by atoms with Gasteiger partial charge in [0.15, 0.2) is 5.82 Å². The molecule has 0 bridgehead atoms. The fourth-order valence-corrected chi connectivity index (χ4v) is 3.43. The first-order chi connectivity index (χ1) is 12.6. The molecule has 1 aliphatic heterocycles. The van der Waals surface area contributed by atoms with E-state index in [1.165, 1.54) is 5.52 Å². The second kappa shape index (κ2) is 6.42. The Hall–Kier alpha value is -2.92. The number of aromatic nitrogens is 1. The number of benzene rings is 2. The van der Waals surface area contributed by atoms with Gasteiger partial charge in [-0.05, 0) is 38.1 Å². The topological polar surface area (TPSA) is 36.1 Å². The Balaban J connectivity index is 1.75. The molecule has 2 aromatic carbocycles. The summed E-state index contributed by atoms with van der Waals surface area (Å²) in [7, 11) is 4.14. The van der Waals surface area contributed by atoms with Crippen molar-refractivity contribution in [1.29, 1.82) is 0 Å². The molecule has 3 aromatic rings. The third kappa shape index (κ3) is 2.61. The van der Waals surface area contributed by atoms with Gasteiger partial charge in [-0.25, -0.2) is 5.01 Å². The third-order valence-corrected chi connectivity index (χ3v) is 5.13. The largest absolute Gasteiger partial charge is 0.346 e. The minimum absolute atomic E-state index is 0.262. The molecule has 0 spiro atoms. The first-order valence-electron chi connectivity index (χ1n) is 8.83. The predicted octanol–water partition coefficient (Wildman–Crippen LogP) is 5.17. The van der Waals surface area contributed by atoms with Gasteiger partial charge < -0.3 is 4.57 Å². The van der Waals surface area contributed by atoms with Gasteiger partial charge in [-0.2, -0.15) is 0 Å². The second-order valence-corrected chi connectivity index (χ2v) is 6.70. The molecule has 0 N–H and O–H groups in total. The van der Waals surface area contributed by atoms with E-state index in [1.807, 2.05) is 24.3 Å². The van der Waals surface area contributed by atoms with Gasteiger partial charge in [0.25, 0.3) is 0 Å². The summed E-state index contributed by atoms with van der Waals surface area (Å²) < 4.78 is 2.16. The van der Waals surface area contributed by atoms with E-state index in [-0.39, 0.29) is 6.04 Å². The summed E-state index contributed by atoms with van der Waals surface area (Å²) in [6.07, 6.45) is 2.14. The summed E-state index contributed by atoms with van der Waals surface area (Å²) in [6, 6.07) is 18.8. The number of hydrogen-bond donors (Lipinski definition) is 0. The number of anilines is 1. The van der Waals surface area contributed by atoms with Crippen molar-refractivity contribution in [2.75, 3.05) is 12.1 Å². The van der Waals surface area contributed by atoms with Crippen molar-refractivity contribution in [3.8, 4) is 0 Å². The van der Waals surface area contributed by atoms with Crippen molar-refractivity contribution >= 4 is 22.3 Å². The van der Waals surface area contributed by atoms with Crippen LogP contribution in [0.2, 0.25) is 0 Å². The number of azo groups is 1. The first kappa shape index (κ1) is 16.5. The highest BCUT2D eigenvalue weighted by atomic mass is 15.7. The predicted molar refractivity (Wildman–Crippen MR) is 106 cm³/mol. The molecule has 2 heterocycles. The molecule has 4 rings (SSSR count). The number of hydrogen-bond acceptors (Lipinski definition) is 4. The Kier molecular flexibility index (Phi) is 4.09. The van der Waals surface area contributed by atoms with Gasteiger partial charge in [0.1, 0.15) is 5.69 Å². The molecule has 132 valence electrons. The zero-order chi connectivity index (χ0) is 18.3. The van der Waals surface area contributed by atoms with Crippen molar-refractivity contribution in [1.82, 2.24) is 9.58 Å². The number of aryl methyl sites for hydroxylation is 1. The maximum absolute atomic E-state index is 4.65. The highest BCUT2D eigenvalue weighted by Crippen LogP contribution is 2.34. The SMILES string of the molecule is Cc1c(N=NC2=C[C@H](C)N(C)N2c2ccccc2)c2ccccc2n1C. The first-order valence-corrected chi connectivity index (χ1v) is 8.83. The van der Waals surface area contributed by atoms with E-state index in [4.69, 9.17) is 0 Å². The van der Waals surface area contributed by atoms with Gasteiger partial charge in [-0.1, -0.05) is 36.4 Å². The molecule has 0 saturated carbocycles. The number of rotatable bonds is 3. The van der Waals surface area contributed by atoms with Gasteiger partial charge in [-0.15, -0.1) is 10.2 Å².